The number of rotatable bonds is 8. The zero-order valence-corrected chi connectivity index (χ0v) is 25.8. The second-order valence-corrected chi connectivity index (χ2v) is 12.9. The minimum absolute atomic E-state index is 0.0939. The van der Waals surface area contributed by atoms with E-state index in [-0.39, 0.29) is 36.5 Å². The van der Waals surface area contributed by atoms with Crippen LogP contribution in [0.2, 0.25) is 0 Å². The van der Waals surface area contributed by atoms with Crippen molar-refractivity contribution in [2.45, 2.75) is 83.1 Å². The maximum absolute atomic E-state index is 13.8. The van der Waals surface area contributed by atoms with Crippen LogP contribution in [0.25, 0.3) is 0 Å². The Kier molecular flexibility index (Phi) is 9.11. The number of aromatic nitrogens is 4. The number of fused-ring (bicyclic) bond motifs is 2. The van der Waals surface area contributed by atoms with E-state index in [0.717, 1.165) is 66.7 Å². The van der Waals surface area contributed by atoms with E-state index in [0.29, 0.717) is 38.5 Å². The first kappa shape index (κ1) is 33.0. The lowest BCUT2D eigenvalue weighted by atomic mass is 9.80. The summed E-state index contributed by atoms with van der Waals surface area (Å²) in [6.45, 7) is 1.98. The highest BCUT2D eigenvalue weighted by molar-refractivity contribution is 5.67. The van der Waals surface area contributed by atoms with Crippen LogP contribution >= 0.6 is 0 Å². The molecule has 2 aliphatic heterocycles. The first-order valence-electron chi connectivity index (χ1n) is 15.7. The average Bonchev–Trinajstić information content (AvgIpc) is 3.61. The summed E-state index contributed by atoms with van der Waals surface area (Å²) in [7, 11) is 1.54. The second-order valence-electron chi connectivity index (χ2n) is 12.9. The van der Waals surface area contributed by atoms with E-state index in [9.17, 15) is 36.2 Å². The molecule has 1 saturated carbocycles. The number of alkyl halides is 6. The Labute approximate surface area is 267 Å². The molecule has 2 aromatic carbocycles. The Morgan fingerprint density at radius 3 is 2.17 bits per heavy atom. The maximum Gasteiger partial charge on any atom is 0.416 e. The molecule has 0 bridgehead atoms. The number of carboxylic acids is 1. The van der Waals surface area contributed by atoms with Crippen molar-refractivity contribution < 1.29 is 41.0 Å². The van der Waals surface area contributed by atoms with Crippen LogP contribution in [0, 0.1) is 11.8 Å². The molecule has 3 aliphatic rings. The van der Waals surface area contributed by atoms with Gasteiger partial charge in [0.15, 0.2) is 0 Å². The van der Waals surface area contributed by atoms with Crippen LogP contribution in [-0.4, -0.2) is 44.4 Å². The molecule has 3 aromatic rings. The number of hydrogen-bond acceptors (Lipinski definition) is 7. The lowest BCUT2D eigenvalue weighted by molar-refractivity contribution is -0.143. The monoisotopic (exact) mass is 666 g/mol. The third kappa shape index (κ3) is 7.49. The SMILES string of the molecule is Cn1nnc(N(Cc2cc(C(F)(F)F)cc(C(F)(F)F)c2)[C@H]2CCCN(C[C@H]3CC[C@H](CC(=O)O)CC3)c3cc4c(cc32)COC4)n1. The quantitative estimate of drug-likeness (QED) is 0.259. The van der Waals surface area contributed by atoms with Gasteiger partial charge in [0, 0.05) is 31.7 Å². The molecule has 6 rings (SSSR count). The van der Waals surface area contributed by atoms with Crippen molar-refractivity contribution in [2.24, 2.45) is 18.9 Å². The Balaban J connectivity index is 1.37. The highest BCUT2D eigenvalue weighted by Gasteiger charge is 2.38. The van der Waals surface area contributed by atoms with Gasteiger partial charge >= 0.3 is 18.3 Å². The second kappa shape index (κ2) is 13.0. The maximum atomic E-state index is 13.8. The van der Waals surface area contributed by atoms with Crippen LogP contribution in [0.1, 0.15) is 84.4 Å². The van der Waals surface area contributed by atoms with Crippen molar-refractivity contribution in [1.29, 1.82) is 0 Å². The van der Waals surface area contributed by atoms with Gasteiger partial charge in [0.25, 0.3) is 5.95 Å². The smallest absolute Gasteiger partial charge is 0.416 e. The van der Waals surface area contributed by atoms with E-state index in [1.165, 1.54) is 4.80 Å². The molecule has 0 saturated heterocycles. The van der Waals surface area contributed by atoms with E-state index in [4.69, 9.17) is 4.74 Å². The molecule has 15 heteroatoms. The summed E-state index contributed by atoms with van der Waals surface area (Å²) < 4.78 is 88.4. The standard InChI is InChI=1S/C32H36F6N6O3/c1-42-40-30(39-41-42)44(16-21-9-24(31(33,34)35)14-25(10-21)32(36,37)38)27-3-2-8-43(15-20-6-4-19(5-7-20)11-29(45)46)28-13-23-18-47-17-22(23)12-26(27)28/h9-10,12-14,19-20,27H,2-8,11,15-18H2,1H3,(H,45,46)/t19-,20-,27-/m0/s1. The largest absolute Gasteiger partial charge is 0.481 e. The molecular weight excluding hydrogens is 630 g/mol. The topological polar surface area (TPSA) is 96.6 Å². The fourth-order valence-corrected chi connectivity index (χ4v) is 7.23. The molecule has 1 fully saturated rings. The van der Waals surface area contributed by atoms with Crippen molar-refractivity contribution in [3.05, 3.63) is 63.7 Å². The van der Waals surface area contributed by atoms with Crippen molar-refractivity contribution >= 4 is 17.6 Å². The van der Waals surface area contributed by atoms with Gasteiger partial charge in [0.05, 0.1) is 37.4 Å². The lowest BCUT2D eigenvalue weighted by Gasteiger charge is -2.35. The molecule has 47 heavy (non-hydrogen) atoms. The fraction of sp³-hybridized carbons (Fsp3) is 0.562. The number of aliphatic carboxylic acids is 1. The molecule has 0 radical (unpaired) electrons. The summed E-state index contributed by atoms with van der Waals surface area (Å²) in [6.07, 6.45) is -5.02. The number of nitrogens with zero attached hydrogens (tertiary/aromatic N) is 6. The molecule has 1 aromatic heterocycles. The zero-order valence-electron chi connectivity index (χ0n) is 25.8. The van der Waals surface area contributed by atoms with E-state index in [1.54, 1.807) is 11.9 Å². The van der Waals surface area contributed by atoms with Gasteiger partial charge < -0.3 is 19.6 Å². The number of ether oxygens (including phenoxy) is 1. The number of anilines is 2. The summed E-state index contributed by atoms with van der Waals surface area (Å²) in [5, 5.41) is 21.6. The third-order valence-corrected chi connectivity index (χ3v) is 9.51. The van der Waals surface area contributed by atoms with Crippen LogP contribution in [0.3, 0.4) is 0 Å². The average molecular weight is 667 g/mol. The number of hydrogen-bond donors (Lipinski definition) is 1. The molecule has 1 aliphatic carbocycles. The highest BCUT2D eigenvalue weighted by atomic mass is 19.4. The molecule has 9 nitrogen and oxygen atoms in total. The van der Waals surface area contributed by atoms with Crippen LogP contribution in [0.5, 0.6) is 0 Å². The number of tetrazole rings is 1. The van der Waals surface area contributed by atoms with Crippen molar-refractivity contribution in [3.63, 3.8) is 0 Å². The Bertz CT molecular complexity index is 1570. The number of aryl methyl sites for hydroxylation is 1. The summed E-state index contributed by atoms with van der Waals surface area (Å²) in [5.74, 6) is -0.153. The van der Waals surface area contributed by atoms with Crippen LogP contribution in [0.4, 0.5) is 38.0 Å². The zero-order chi connectivity index (χ0) is 33.5. The van der Waals surface area contributed by atoms with Crippen LogP contribution in [-0.2, 0) is 48.7 Å². The fourth-order valence-electron chi connectivity index (χ4n) is 7.23. The minimum Gasteiger partial charge on any atom is -0.481 e. The van der Waals surface area contributed by atoms with Crippen molar-refractivity contribution in [3.8, 4) is 0 Å². The Morgan fingerprint density at radius 1 is 0.936 bits per heavy atom. The third-order valence-electron chi connectivity index (χ3n) is 9.51. The van der Waals surface area contributed by atoms with Gasteiger partial charge in [0.2, 0.25) is 0 Å². The van der Waals surface area contributed by atoms with E-state index < -0.39 is 35.5 Å². The Hall–Kier alpha value is -3.88. The number of benzene rings is 2. The molecule has 1 atom stereocenters. The van der Waals surface area contributed by atoms with Gasteiger partial charge in [0.1, 0.15) is 0 Å². The van der Waals surface area contributed by atoms with Gasteiger partial charge in [-0.05, 0) is 108 Å². The lowest BCUT2D eigenvalue weighted by Crippen LogP contribution is -2.33. The van der Waals surface area contributed by atoms with Crippen molar-refractivity contribution in [1.82, 2.24) is 20.2 Å². The molecule has 0 spiro atoms. The predicted octanol–water partition coefficient (Wildman–Crippen LogP) is 6.91. The van der Waals surface area contributed by atoms with Crippen LogP contribution < -0.4 is 9.80 Å². The Morgan fingerprint density at radius 2 is 1.57 bits per heavy atom. The van der Waals surface area contributed by atoms with Gasteiger partial charge in [-0.3, -0.25) is 4.79 Å². The molecule has 3 heterocycles. The van der Waals surface area contributed by atoms with Gasteiger partial charge in [-0.1, -0.05) is 5.10 Å². The summed E-state index contributed by atoms with van der Waals surface area (Å²) in [4.78, 5) is 16.4. The number of carboxylic acid groups (broad SMARTS) is 1. The molecular formula is C32H36F6N6O3. The van der Waals surface area contributed by atoms with Gasteiger partial charge in [-0.25, -0.2) is 0 Å². The molecule has 254 valence electrons. The van der Waals surface area contributed by atoms with E-state index >= 15 is 0 Å². The molecule has 0 amide bonds. The summed E-state index contributed by atoms with van der Waals surface area (Å²) in [5.41, 5.74) is 0.904. The number of carbonyl (C=O) groups is 1. The van der Waals surface area contributed by atoms with Gasteiger partial charge in [-0.2, -0.15) is 31.1 Å². The minimum atomic E-state index is -4.98. The van der Waals surface area contributed by atoms with Crippen molar-refractivity contribution in [2.75, 3.05) is 22.9 Å². The number of halogens is 6. The first-order chi connectivity index (χ1) is 22.2. The summed E-state index contributed by atoms with van der Waals surface area (Å²) in [6, 6.07) is 5.28. The van der Waals surface area contributed by atoms with Gasteiger partial charge in [-0.15, -0.1) is 5.10 Å². The highest BCUT2D eigenvalue weighted by Crippen LogP contribution is 2.44. The normalized spacial score (nSPS) is 21.7. The summed E-state index contributed by atoms with van der Waals surface area (Å²) >= 11 is 0. The predicted molar refractivity (Wildman–Crippen MR) is 158 cm³/mol. The first-order valence-corrected chi connectivity index (χ1v) is 15.7. The van der Waals surface area contributed by atoms with E-state index in [2.05, 4.69) is 26.4 Å². The molecule has 0 unspecified atom stereocenters. The molecule has 1 N–H and O–H groups in total. The van der Waals surface area contributed by atoms with Crippen LogP contribution in [0.15, 0.2) is 30.3 Å². The van der Waals surface area contributed by atoms with E-state index in [1.807, 2.05) is 6.07 Å².